The van der Waals surface area contributed by atoms with Crippen LogP contribution in [0.5, 0.6) is 0 Å². The summed E-state index contributed by atoms with van der Waals surface area (Å²) in [6.45, 7) is 4.21. The molecule has 1 aromatic carbocycles. The minimum Gasteiger partial charge on any atom is -0.271 e. The van der Waals surface area contributed by atoms with Crippen LogP contribution in [0.25, 0.3) is 0 Å². The van der Waals surface area contributed by atoms with Crippen molar-refractivity contribution in [3.05, 3.63) is 33.0 Å². The summed E-state index contributed by atoms with van der Waals surface area (Å²) in [7, 11) is 0. The van der Waals surface area contributed by atoms with Crippen molar-refractivity contribution in [2.75, 3.05) is 0 Å². The first-order chi connectivity index (χ1) is 8.01. The zero-order valence-electron chi connectivity index (χ0n) is 9.93. The molecule has 1 rings (SSSR count). The molecule has 2 nitrogen and oxygen atoms in total. The van der Waals surface area contributed by atoms with Gasteiger partial charge in [-0.15, -0.1) is 0 Å². The number of benzene rings is 1. The van der Waals surface area contributed by atoms with E-state index in [0.717, 1.165) is 12.8 Å². The Morgan fingerprint density at radius 1 is 1.53 bits per heavy atom. The zero-order chi connectivity index (χ0) is 13.0. The van der Waals surface area contributed by atoms with Gasteiger partial charge in [0.1, 0.15) is 5.82 Å². The van der Waals surface area contributed by atoms with Crippen LogP contribution in [-0.2, 0) is 0 Å². The highest BCUT2D eigenvalue weighted by molar-refractivity contribution is 9.10. The Morgan fingerprint density at radius 3 is 2.71 bits per heavy atom. The molecule has 2 atom stereocenters. The van der Waals surface area contributed by atoms with Crippen molar-refractivity contribution in [2.45, 2.75) is 32.7 Å². The van der Waals surface area contributed by atoms with Gasteiger partial charge in [-0.05, 0) is 34.3 Å². The average Bonchev–Trinajstić information content (AvgIpc) is 2.33. The molecule has 0 aliphatic rings. The van der Waals surface area contributed by atoms with Crippen molar-refractivity contribution in [1.82, 2.24) is 5.43 Å². The predicted octanol–water partition coefficient (Wildman–Crippen LogP) is 4.18. The Morgan fingerprint density at radius 2 is 2.18 bits per heavy atom. The molecule has 0 fully saturated rings. The van der Waals surface area contributed by atoms with Crippen LogP contribution in [0.1, 0.15) is 38.3 Å². The average molecular weight is 324 g/mol. The monoisotopic (exact) mass is 322 g/mol. The van der Waals surface area contributed by atoms with Crippen molar-refractivity contribution in [3.63, 3.8) is 0 Å². The number of hydrazine groups is 1. The summed E-state index contributed by atoms with van der Waals surface area (Å²) in [6, 6.07) is 3.23. The molecule has 17 heavy (non-hydrogen) atoms. The van der Waals surface area contributed by atoms with Crippen LogP contribution < -0.4 is 11.3 Å². The van der Waals surface area contributed by atoms with Gasteiger partial charge in [-0.3, -0.25) is 11.3 Å². The van der Waals surface area contributed by atoms with Gasteiger partial charge in [0.15, 0.2) is 0 Å². The van der Waals surface area contributed by atoms with E-state index in [0.29, 0.717) is 16.0 Å². The summed E-state index contributed by atoms with van der Waals surface area (Å²) in [4.78, 5) is 0. The quantitative estimate of drug-likeness (QED) is 0.484. The summed E-state index contributed by atoms with van der Waals surface area (Å²) < 4.78 is 14.6. The van der Waals surface area contributed by atoms with Gasteiger partial charge in [0, 0.05) is 16.1 Å². The Hall–Kier alpha value is -0.160. The predicted molar refractivity (Wildman–Crippen MR) is 73.2 cm³/mol. The van der Waals surface area contributed by atoms with E-state index in [1.165, 1.54) is 0 Å². The maximum Gasteiger partial charge on any atom is 0.147 e. The highest BCUT2D eigenvalue weighted by atomic mass is 79.9. The summed E-state index contributed by atoms with van der Waals surface area (Å²) in [5.74, 6) is 5.55. The number of rotatable bonds is 5. The van der Waals surface area contributed by atoms with E-state index in [2.05, 4.69) is 35.2 Å². The maximum atomic E-state index is 14.0. The molecule has 0 saturated heterocycles. The van der Waals surface area contributed by atoms with E-state index in [9.17, 15) is 4.39 Å². The first-order valence-electron chi connectivity index (χ1n) is 5.60. The lowest BCUT2D eigenvalue weighted by Crippen LogP contribution is -2.30. The highest BCUT2D eigenvalue weighted by Gasteiger charge is 2.19. The molecule has 0 aromatic heterocycles. The molecule has 1 aromatic rings. The Labute approximate surface area is 115 Å². The fourth-order valence-corrected chi connectivity index (χ4v) is 2.14. The molecular formula is C12H17BrClFN2. The first kappa shape index (κ1) is 14.9. The van der Waals surface area contributed by atoms with E-state index < -0.39 is 5.82 Å². The molecule has 0 saturated carbocycles. The smallest absolute Gasteiger partial charge is 0.147 e. The van der Waals surface area contributed by atoms with Crippen molar-refractivity contribution >= 4 is 27.5 Å². The molecule has 0 aliphatic carbocycles. The van der Waals surface area contributed by atoms with Gasteiger partial charge in [0.05, 0.1) is 5.02 Å². The number of nitrogens with two attached hydrogens (primary N) is 1. The van der Waals surface area contributed by atoms with Crippen LogP contribution in [0.2, 0.25) is 5.02 Å². The van der Waals surface area contributed by atoms with Gasteiger partial charge in [-0.2, -0.15) is 0 Å². The third-order valence-corrected chi connectivity index (χ3v) is 4.24. The van der Waals surface area contributed by atoms with Crippen LogP contribution in [0, 0.1) is 11.7 Å². The van der Waals surface area contributed by atoms with Crippen LogP contribution in [-0.4, -0.2) is 0 Å². The third-order valence-electron chi connectivity index (χ3n) is 2.98. The normalized spacial score (nSPS) is 14.7. The van der Waals surface area contributed by atoms with Crippen molar-refractivity contribution in [3.8, 4) is 0 Å². The number of hydrogen-bond donors (Lipinski definition) is 2. The number of hydrogen-bond acceptors (Lipinski definition) is 2. The Kier molecular flexibility index (Phi) is 5.86. The van der Waals surface area contributed by atoms with E-state index in [1.54, 1.807) is 12.1 Å². The van der Waals surface area contributed by atoms with E-state index in [-0.39, 0.29) is 11.1 Å². The fourth-order valence-electron chi connectivity index (χ4n) is 1.66. The Bertz CT molecular complexity index is 387. The molecule has 2 unspecified atom stereocenters. The summed E-state index contributed by atoms with van der Waals surface area (Å²) in [6.07, 6.45) is 1.81. The topological polar surface area (TPSA) is 38.0 Å². The standard InChI is InChI=1S/C12H17BrClFN2/c1-3-7(2)6-10(17-16)8-4-5-9(13)11(14)12(8)15/h4-5,7,10,17H,3,6,16H2,1-2H3. The van der Waals surface area contributed by atoms with Gasteiger partial charge < -0.3 is 0 Å². The summed E-state index contributed by atoms with van der Waals surface area (Å²) in [5.41, 5.74) is 3.17. The minimum absolute atomic E-state index is 0.104. The van der Waals surface area contributed by atoms with Crippen molar-refractivity contribution in [2.24, 2.45) is 11.8 Å². The van der Waals surface area contributed by atoms with E-state index in [4.69, 9.17) is 17.4 Å². The number of halogens is 3. The van der Waals surface area contributed by atoms with Gasteiger partial charge >= 0.3 is 0 Å². The van der Waals surface area contributed by atoms with Gasteiger partial charge in [-0.1, -0.05) is 37.9 Å². The minimum atomic E-state index is -0.410. The maximum absolute atomic E-state index is 14.0. The Balaban J connectivity index is 3.00. The molecule has 0 amide bonds. The first-order valence-corrected chi connectivity index (χ1v) is 6.77. The second kappa shape index (κ2) is 6.69. The van der Waals surface area contributed by atoms with Crippen LogP contribution in [0.3, 0.4) is 0 Å². The molecule has 0 spiro atoms. The van der Waals surface area contributed by atoms with Gasteiger partial charge in [0.2, 0.25) is 0 Å². The molecule has 0 aliphatic heterocycles. The highest BCUT2D eigenvalue weighted by Crippen LogP contribution is 2.32. The lowest BCUT2D eigenvalue weighted by atomic mass is 9.94. The second-order valence-corrected chi connectivity index (χ2v) is 5.47. The molecular weight excluding hydrogens is 307 g/mol. The number of nitrogens with one attached hydrogen (secondary N) is 1. The molecule has 3 N–H and O–H groups in total. The summed E-state index contributed by atoms with van der Waals surface area (Å²) in [5, 5.41) is 0.104. The lowest BCUT2D eigenvalue weighted by Gasteiger charge is -2.21. The van der Waals surface area contributed by atoms with Crippen LogP contribution in [0.4, 0.5) is 4.39 Å². The zero-order valence-corrected chi connectivity index (χ0v) is 12.3. The van der Waals surface area contributed by atoms with Crippen LogP contribution in [0.15, 0.2) is 16.6 Å². The van der Waals surface area contributed by atoms with Gasteiger partial charge in [0.25, 0.3) is 0 Å². The molecule has 5 heteroatoms. The summed E-state index contributed by atoms with van der Waals surface area (Å²) >= 11 is 9.06. The molecule has 0 bridgehead atoms. The van der Waals surface area contributed by atoms with E-state index >= 15 is 0 Å². The van der Waals surface area contributed by atoms with Gasteiger partial charge in [-0.25, -0.2) is 4.39 Å². The fraction of sp³-hybridized carbons (Fsp3) is 0.500. The molecule has 96 valence electrons. The lowest BCUT2D eigenvalue weighted by molar-refractivity contribution is 0.397. The van der Waals surface area contributed by atoms with Crippen molar-refractivity contribution < 1.29 is 4.39 Å². The van der Waals surface area contributed by atoms with E-state index in [1.807, 2.05) is 0 Å². The van der Waals surface area contributed by atoms with Crippen LogP contribution >= 0.6 is 27.5 Å². The molecule has 0 heterocycles. The third kappa shape index (κ3) is 3.65. The second-order valence-electron chi connectivity index (χ2n) is 4.23. The van der Waals surface area contributed by atoms with Crippen molar-refractivity contribution in [1.29, 1.82) is 0 Å². The molecule has 0 radical (unpaired) electrons. The largest absolute Gasteiger partial charge is 0.271 e. The SMILES string of the molecule is CCC(C)CC(NN)c1ccc(Br)c(Cl)c1F.